The van der Waals surface area contributed by atoms with Gasteiger partial charge in [0.05, 0.1) is 11.7 Å². The van der Waals surface area contributed by atoms with E-state index in [4.69, 9.17) is 5.73 Å². The van der Waals surface area contributed by atoms with Gasteiger partial charge in [-0.2, -0.15) is 0 Å². The van der Waals surface area contributed by atoms with Crippen LogP contribution in [0.15, 0.2) is 18.2 Å². The van der Waals surface area contributed by atoms with E-state index in [1.807, 2.05) is 13.8 Å². The molecule has 0 fully saturated rings. The molecule has 4 heteroatoms. The number of hydrogen-bond acceptors (Lipinski definition) is 2. The topological polar surface area (TPSA) is 55.1 Å². The highest BCUT2D eigenvalue weighted by Crippen LogP contribution is 2.16. The molecule has 0 saturated carbocycles. The highest BCUT2D eigenvalue weighted by molar-refractivity contribution is 5.94. The Hall–Kier alpha value is -1.42. The first kappa shape index (κ1) is 13.6. The van der Waals surface area contributed by atoms with Gasteiger partial charge in [0.15, 0.2) is 0 Å². The molecule has 3 nitrogen and oxygen atoms in total. The molecule has 0 spiro atoms. The molecule has 0 radical (unpaired) electrons. The number of aryl methyl sites for hydroxylation is 1. The lowest BCUT2D eigenvalue weighted by atomic mass is 9.99. The maximum absolute atomic E-state index is 13.5. The smallest absolute Gasteiger partial charge is 0.241 e. The van der Waals surface area contributed by atoms with Crippen LogP contribution in [-0.2, 0) is 4.79 Å². The molecule has 0 aromatic heterocycles. The van der Waals surface area contributed by atoms with Gasteiger partial charge in [-0.3, -0.25) is 4.79 Å². The number of carbonyl (C=O) groups excluding carboxylic acids is 1. The molecule has 0 saturated heterocycles. The van der Waals surface area contributed by atoms with E-state index in [1.54, 1.807) is 19.1 Å². The second-order valence-electron chi connectivity index (χ2n) is 4.38. The number of amides is 1. The summed E-state index contributed by atoms with van der Waals surface area (Å²) in [6.45, 7) is 5.65. The van der Waals surface area contributed by atoms with Crippen LogP contribution >= 0.6 is 0 Å². The molecule has 2 atom stereocenters. The molecule has 94 valence electrons. The minimum atomic E-state index is -0.610. The molecule has 1 amide bonds. The summed E-state index contributed by atoms with van der Waals surface area (Å²) in [6.07, 6.45) is 0.810. The van der Waals surface area contributed by atoms with Crippen LogP contribution in [0, 0.1) is 18.7 Å². The number of nitrogens with two attached hydrogens (primary N) is 1. The van der Waals surface area contributed by atoms with Gasteiger partial charge in [-0.25, -0.2) is 4.39 Å². The summed E-state index contributed by atoms with van der Waals surface area (Å²) in [7, 11) is 0. The quantitative estimate of drug-likeness (QED) is 0.846. The van der Waals surface area contributed by atoms with E-state index in [0.717, 1.165) is 12.0 Å². The van der Waals surface area contributed by atoms with Crippen LogP contribution in [0.4, 0.5) is 10.1 Å². The lowest BCUT2D eigenvalue weighted by Gasteiger charge is -2.18. The van der Waals surface area contributed by atoms with Crippen molar-refractivity contribution in [1.82, 2.24) is 0 Å². The van der Waals surface area contributed by atoms with Gasteiger partial charge in [-0.1, -0.05) is 26.3 Å². The number of anilines is 1. The molecule has 0 heterocycles. The van der Waals surface area contributed by atoms with Crippen molar-refractivity contribution in [2.24, 2.45) is 11.7 Å². The van der Waals surface area contributed by atoms with Crippen molar-refractivity contribution >= 4 is 11.6 Å². The fourth-order valence-corrected chi connectivity index (χ4v) is 1.45. The molecule has 1 rings (SSSR count). The Balaban J connectivity index is 2.74. The zero-order chi connectivity index (χ0) is 13.0. The Morgan fingerprint density at radius 3 is 2.71 bits per heavy atom. The fourth-order valence-electron chi connectivity index (χ4n) is 1.45. The van der Waals surface area contributed by atoms with E-state index in [1.165, 1.54) is 6.07 Å². The largest absolute Gasteiger partial charge is 0.322 e. The molecule has 17 heavy (non-hydrogen) atoms. The Labute approximate surface area is 101 Å². The predicted octanol–water partition coefficient (Wildman–Crippen LogP) is 2.45. The first-order valence-electron chi connectivity index (χ1n) is 5.78. The lowest BCUT2D eigenvalue weighted by molar-refractivity contribution is -0.118. The monoisotopic (exact) mass is 238 g/mol. The number of hydrogen-bond donors (Lipinski definition) is 2. The Morgan fingerprint density at radius 1 is 1.53 bits per heavy atom. The van der Waals surface area contributed by atoms with E-state index >= 15 is 0 Å². The van der Waals surface area contributed by atoms with Crippen LogP contribution in [0.3, 0.4) is 0 Å². The van der Waals surface area contributed by atoms with Gasteiger partial charge >= 0.3 is 0 Å². The highest BCUT2D eigenvalue weighted by atomic mass is 19.1. The van der Waals surface area contributed by atoms with Crippen molar-refractivity contribution in [3.8, 4) is 0 Å². The van der Waals surface area contributed by atoms with E-state index in [-0.39, 0.29) is 17.5 Å². The zero-order valence-corrected chi connectivity index (χ0v) is 10.5. The molecule has 0 aliphatic rings. The lowest BCUT2D eigenvalue weighted by Crippen LogP contribution is -2.40. The van der Waals surface area contributed by atoms with Crippen molar-refractivity contribution in [2.75, 3.05) is 5.32 Å². The van der Waals surface area contributed by atoms with Crippen molar-refractivity contribution in [2.45, 2.75) is 33.2 Å². The summed E-state index contributed by atoms with van der Waals surface area (Å²) in [6, 6.07) is 4.06. The molecular weight excluding hydrogens is 219 g/mol. The van der Waals surface area contributed by atoms with Crippen LogP contribution in [0.25, 0.3) is 0 Å². The van der Waals surface area contributed by atoms with Crippen LogP contribution in [0.1, 0.15) is 25.8 Å². The first-order chi connectivity index (χ1) is 7.95. The Bertz CT molecular complexity index is 406. The number of rotatable bonds is 4. The van der Waals surface area contributed by atoms with Gasteiger partial charge in [-0.15, -0.1) is 0 Å². The van der Waals surface area contributed by atoms with Gasteiger partial charge in [0.2, 0.25) is 5.91 Å². The highest BCUT2D eigenvalue weighted by Gasteiger charge is 2.20. The Kier molecular flexibility index (Phi) is 4.63. The fraction of sp³-hybridized carbons (Fsp3) is 0.462. The van der Waals surface area contributed by atoms with Crippen LogP contribution < -0.4 is 11.1 Å². The molecular formula is C13H19FN2O. The van der Waals surface area contributed by atoms with E-state index < -0.39 is 11.9 Å². The number of nitrogens with one attached hydrogen (secondary N) is 1. The summed E-state index contributed by atoms with van der Waals surface area (Å²) in [5.74, 6) is -0.708. The zero-order valence-electron chi connectivity index (χ0n) is 10.5. The maximum Gasteiger partial charge on any atom is 0.241 e. The Morgan fingerprint density at radius 2 is 2.18 bits per heavy atom. The third-order valence-electron chi connectivity index (χ3n) is 2.94. The van der Waals surface area contributed by atoms with Gasteiger partial charge in [0.1, 0.15) is 5.82 Å². The molecule has 3 N–H and O–H groups in total. The van der Waals surface area contributed by atoms with E-state index in [0.29, 0.717) is 0 Å². The first-order valence-corrected chi connectivity index (χ1v) is 5.78. The van der Waals surface area contributed by atoms with Crippen LogP contribution in [0.5, 0.6) is 0 Å². The molecule has 2 unspecified atom stereocenters. The van der Waals surface area contributed by atoms with Crippen molar-refractivity contribution in [3.63, 3.8) is 0 Å². The molecule has 1 aromatic carbocycles. The van der Waals surface area contributed by atoms with Gasteiger partial charge in [0, 0.05) is 0 Å². The van der Waals surface area contributed by atoms with Crippen LogP contribution in [0.2, 0.25) is 0 Å². The number of carbonyl (C=O) groups is 1. The van der Waals surface area contributed by atoms with Gasteiger partial charge in [-0.05, 0) is 30.5 Å². The normalized spacial score (nSPS) is 14.2. The second kappa shape index (κ2) is 5.77. The molecule has 0 aliphatic carbocycles. The van der Waals surface area contributed by atoms with Crippen LogP contribution in [-0.4, -0.2) is 11.9 Å². The molecule has 1 aromatic rings. The average molecular weight is 238 g/mol. The SMILES string of the molecule is CCC(C)C(N)C(=O)Nc1ccc(C)cc1F. The van der Waals surface area contributed by atoms with Crippen molar-refractivity contribution in [3.05, 3.63) is 29.6 Å². The number of benzene rings is 1. The van der Waals surface area contributed by atoms with E-state index in [9.17, 15) is 9.18 Å². The summed E-state index contributed by atoms with van der Waals surface area (Å²) in [4.78, 5) is 11.7. The number of halogens is 1. The summed E-state index contributed by atoms with van der Waals surface area (Å²) in [5.41, 5.74) is 6.76. The van der Waals surface area contributed by atoms with Crippen molar-refractivity contribution < 1.29 is 9.18 Å². The summed E-state index contributed by atoms with van der Waals surface area (Å²) < 4.78 is 13.5. The predicted molar refractivity (Wildman–Crippen MR) is 67.2 cm³/mol. The summed E-state index contributed by atoms with van der Waals surface area (Å²) in [5, 5.41) is 2.51. The standard InChI is InChI=1S/C13H19FN2O/c1-4-9(3)12(15)13(17)16-11-6-5-8(2)7-10(11)14/h5-7,9,12H,4,15H2,1-3H3,(H,16,17). The molecule has 0 aliphatic heterocycles. The van der Waals surface area contributed by atoms with E-state index in [2.05, 4.69) is 5.32 Å². The second-order valence-corrected chi connectivity index (χ2v) is 4.38. The van der Waals surface area contributed by atoms with Gasteiger partial charge < -0.3 is 11.1 Å². The minimum absolute atomic E-state index is 0.0727. The van der Waals surface area contributed by atoms with Gasteiger partial charge in [0.25, 0.3) is 0 Å². The average Bonchev–Trinajstić information content (AvgIpc) is 2.30. The van der Waals surface area contributed by atoms with Crippen molar-refractivity contribution in [1.29, 1.82) is 0 Å². The minimum Gasteiger partial charge on any atom is -0.322 e. The third-order valence-corrected chi connectivity index (χ3v) is 2.94. The molecule has 0 bridgehead atoms. The summed E-state index contributed by atoms with van der Waals surface area (Å²) >= 11 is 0. The maximum atomic E-state index is 13.5. The third kappa shape index (κ3) is 3.53.